The van der Waals surface area contributed by atoms with Crippen molar-refractivity contribution in [2.45, 2.75) is 32.9 Å². The molecule has 0 spiro atoms. The normalized spacial score (nSPS) is 10.1. The number of benzene rings is 4. The molecule has 5 aromatic rings. The van der Waals surface area contributed by atoms with Crippen molar-refractivity contribution in [1.82, 2.24) is 9.78 Å². The Balaban J connectivity index is 0.000000288. The molecule has 0 saturated carbocycles. The summed E-state index contributed by atoms with van der Waals surface area (Å²) in [6.45, 7) is 15.7. The van der Waals surface area contributed by atoms with Gasteiger partial charge in [0, 0.05) is 12.1 Å². The van der Waals surface area contributed by atoms with Crippen LogP contribution in [0.1, 0.15) is 33.6 Å². The zero-order valence-corrected chi connectivity index (χ0v) is 24.6. The second kappa shape index (κ2) is 19.4. The van der Waals surface area contributed by atoms with E-state index < -0.39 is 6.10 Å². The summed E-state index contributed by atoms with van der Waals surface area (Å²) in [4.78, 5) is 0. The van der Waals surface area contributed by atoms with E-state index in [1.165, 1.54) is 0 Å². The molecule has 0 aliphatic heterocycles. The van der Waals surface area contributed by atoms with Crippen molar-refractivity contribution in [3.63, 3.8) is 0 Å². The molecule has 1 atom stereocenters. The Kier molecular flexibility index (Phi) is 16.7. The third-order valence-electron chi connectivity index (χ3n) is 5.33. The number of aliphatic hydroxyl groups excluding tert-OH is 1. The van der Waals surface area contributed by atoms with Crippen LogP contribution in [0.4, 0.5) is 0 Å². The largest absolute Gasteiger partial charge is 3.00 e. The summed E-state index contributed by atoms with van der Waals surface area (Å²) in [5, 5.41) is 14.4. The maximum absolute atomic E-state index is 10.0. The average Bonchev–Trinajstić information content (AvgIpc) is 3.23. The molecular formula is C35H39N2OTi. The third kappa shape index (κ3) is 15.4. The van der Waals surface area contributed by atoms with Crippen LogP contribution in [0.5, 0.6) is 0 Å². The monoisotopic (exact) mass is 551 g/mol. The van der Waals surface area contributed by atoms with Crippen LogP contribution in [0.15, 0.2) is 127 Å². The van der Waals surface area contributed by atoms with Gasteiger partial charge in [-0.05, 0) is 25.5 Å². The van der Waals surface area contributed by atoms with Crippen LogP contribution >= 0.6 is 0 Å². The number of aromatic nitrogens is 2. The van der Waals surface area contributed by atoms with Gasteiger partial charge in [-0.3, -0.25) is 4.68 Å². The number of nitrogens with zero attached hydrogens (tertiary/aromatic N) is 2. The quantitative estimate of drug-likeness (QED) is 0.184. The minimum absolute atomic E-state index is 0. The second-order valence-corrected chi connectivity index (χ2v) is 8.91. The Morgan fingerprint density at radius 3 is 1.28 bits per heavy atom. The predicted octanol–water partition coefficient (Wildman–Crippen LogP) is 7.71. The van der Waals surface area contributed by atoms with Crippen LogP contribution in [-0.2, 0) is 34.7 Å². The van der Waals surface area contributed by atoms with Crippen LogP contribution < -0.4 is 0 Å². The predicted molar refractivity (Wildman–Crippen MR) is 161 cm³/mol. The van der Waals surface area contributed by atoms with E-state index in [4.69, 9.17) is 0 Å². The summed E-state index contributed by atoms with van der Waals surface area (Å²) in [6.07, 6.45) is 0.273. The van der Waals surface area contributed by atoms with Gasteiger partial charge in [0.05, 0.1) is 18.3 Å². The molecule has 0 aliphatic rings. The summed E-state index contributed by atoms with van der Waals surface area (Å²) in [5.41, 5.74) is 6.46. The molecule has 4 aromatic carbocycles. The zero-order valence-electron chi connectivity index (χ0n) is 23.1. The van der Waals surface area contributed by atoms with E-state index in [1.807, 2.05) is 146 Å². The van der Waals surface area contributed by atoms with Gasteiger partial charge in [-0.2, -0.15) is 79.0 Å². The van der Waals surface area contributed by atoms with Gasteiger partial charge >= 0.3 is 21.7 Å². The Hall–Kier alpha value is -3.63. The third-order valence-corrected chi connectivity index (χ3v) is 5.33. The number of rotatable bonds is 4. The van der Waals surface area contributed by atoms with E-state index in [0.29, 0.717) is 13.0 Å². The first-order valence-corrected chi connectivity index (χ1v) is 12.7. The van der Waals surface area contributed by atoms with Crippen LogP contribution in [-0.4, -0.2) is 21.0 Å². The van der Waals surface area contributed by atoms with Crippen molar-refractivity contribution in [3.8, 4) is 0 Å². The number of aliphatic hydroxyl groups is 1. The molecular weight excluding hydrogens is 512 g/mol. The molecule has 3 nitrogen and oxygen atoms in total. The van der Waals surface area contributed by atoms with Gasteiger partial charge in [0.2, 0.25) is 0 Å². The van der Waals surface area contributed by atoms with Crippen LogP contribution in [0, 0.1) is 34.6 Å². The summed E-state index contributed by atoms with van der Waals surface area (Å²) < 4.78 is 1.86. The zero-order chi connectivity index (χ0) is 27.6. The van der Waals surface area contributed by atoms with Crippen molar-refractivity contribution in [1.29, 1.82) is 0 Å². The van der Waals surface area contributed by atoms with Crippen LogP contribution in [0.2, 0.25) is 0 Å². The first-order chi connectivity index (χ1) is 18.3. The molecule has 1 heterocycles. The first-order valence-electron chi connectivity index (χ1n) is 12.7. The van der Waals surface area contributed by atoms with E-state index >= 15 is 0 Å². The van der Waals surface area contributed by atoms with Gasteiger partial charge in [0.15, 0.2) is 0 Å². The van der Waals surface area contributed by atoms with E-state index in [9.17, 15) is 5.11 Å². The summed E-state index contributed by atoms with van der Waals surface area (Å²) in [6, 6.07) is 41.7. The van der Waals surface area contributed by atoms with Crippen molar-refractivity contribution in [3.05, 3.63) is 182 Å². The molecule has 0 saturated heterocycles. The molecule has 199 valence electrons. The molecule has 1 radical (unpaired) electrons. The molecule has 5 rings (SSSR count). The maximum atomic E-state index is 10.0. The average molecular weight is 552 g/mol. The summed E-state index contributed by atoms with van der Waals surface area (Å²) in [7, 11) is 0. The Labute approximate surface area is 250 Å². The summed E-state index contributed by atoms with van der Waals surface area (Å²) >= 11 is 0. The Bertz CT molecular complexity index is 1170. The second-order valence-electron chi connectivity index (χ2n) is 8.91. The number of hydrogen-bond donors (Lipinski definition) is 1. The molecule has 0 amide bonds. The van der Waals surface area contributed by atoms with Gasteiger partial charge in [0.1, 0.15) is 0 Å². The van der Waals surface area contributed by atoms with Gasteiger partial charge < -0.3 is 5.11 Å². The first kappa shape index (κ1) is 33.4. The molecule has 1 aromatic heterocycles. The smallest absolute Gasteiger partial charge is 0.391 e. The maximum Gasteiger partial charge on any atom is 3.00 e. The fourth-order valence-electron chi connectivity index (χ4n) is 3.44. The molecule has 0 aliphatic carbocycles. The van der Waals surface area contributed by atoms with Crippen molar-refractivity contribution >= 4 is 0 Å². The Morgan fingerprint density at radius 2 is 1.00 bits per heavy atom. The fourth-order valence-corrected chi connectivity index (χ4v) is 3.44. The number of aryl methyl sites for hydroxylation is 2. The van der Waals surface area contributed by atoms with Crippen molar-refractivity contribution in [2.24, 2.45) is 0 Å². The van der Waals surface area contributed by atoms with Gasteiger partial charge in [-0.1, -0.05) is 48.5 Å². The molecule has 39 heavy (non-hydrogen) atoms. The fraction of sp³-hybridized carbons (Fsp3) is 0.143. The topological polar surface area (TPSA) is 38.0 Å². The molecule has 1 N–H and O–H groups in total. The number of hydrogen-bond acceptors (Lipinski definition) is 2. The van der Waals surface area contributed by atoms with E-state index in [1.54, 1.807) is 0 Å². The standard InChI is InChI=1S/C14H18N2O.3C7H7.Ti/c1-11-8-12(2)16(15-11)10-14(17)9-13-6-4-3-5-7-13;3*1-7-5-3-2-4-6-7;/h3-8,14,17H,9-10H2,1-2H3;3*2-6H,1H2;/q;3*-1;+3. The Morgan fingerprint density at radius 1 is 0.641 bits per heavy atom. The molecule has 4 heteroatoms. The van der Waals surface area contributed by atoms with Crippen LogP contribution in [0.25, 0.3) is 0 Å². The van der Waals surface area contributed by atoms with Gasteiger partial charge in [-0.15, -0.1) is 36.4 Å². The van der Waals surface area contributed by atoms with Gasteiger partial charge in [-0.25, -0.2) is 0 Å². The van der Waals surface area contributed by atoms with E-state index in [-0.39, 0.29) is 21.7 Å². The van der Waals surface area contributed by atoms with E-state index in [0.717, 1.165) is 33.6 Å². The molecule has 0 fully saturated rings. The van der Waals surface area contributed by atoms with Crippen molar-refractivity contribution < 1.29 is 26.8 Å². The van der Waals surface area contributed by atoms with Crippen LogP contribution in [0.3, 0.4) is 0 Å². The molecule has 0 bridgehead atoms. The van der Waals surface area contributed by atoms with E-state index in [2.05, 4.69) is 25.9 Å². The SMILES string of the molecule is Cc1cc(C)n(CC(O)Cc2ccccc2)n1.[CH2-]c1ccccc1.[CH2-]c1ccccc1.[CH2-]c1ccccc1.[Ti+3]. The van der Waals surface area contributed by atoms with Gasteiger partial charge in [0.25, 0.3) is 0 Å². The minimum atomic E-state index is -0.393. The molecule has 1 unspecified atom stereocenters. The van der Waals surface area contributed by atoms with Crippen molar-refractivity contribution in [2.75, 3.05) is 0 Å². The summed E-state index contributed by atoms with van der Waals surface area (Å²) in [5.74, 6) is 0. The minimum Gasteiger partial charge on any atom is -0.391 e.